The summed E-state index contributed by atoms with van der Waals surface area (Å²) in [7, 11) is 0. The highest BCUT2D eigenvalue weighted by Crippen LogP contribution is 2.45. The number of anilines is 2. The highest BCUT2D eigenvalue weighted by atomic mass is 32.2. The van der Waals surface area contributed by atoms with Gasteiger partial charge in [0, 0.05) is 24.4 Å². The molecule has 1 saturated heterocycles. The van der Waals surface area contributed by atoms with E-state index in [1.54, 1.807) is 0 Å². The number of rotatable bonds is 4. The van der Waals surface area contributed by atoms with Crippen LogP contribution in [0, 0.1) is 0 Å². The van der Waals surface area contributed by atoms with Gasteiger partial charge in [-0.15, -0.1) is 0 Å². The van der Waals surface area contributed by atoms with Crippen LogP contribution in [0.3, 0.4) is 0 Å². The van der Waals surface area contributed by atoms with E-state index in [0.717, 1.165) is 18.2 Å². The number of hydrogen-bond acceptors (Lipinski definition) is 5. The lowest BCUT2D eigenvalue weighted by Gasteiger charge is -2.19. The lowest BCUT2D eigenvalue weighted by atomic mass is 10.2. The predicted molar refractivity (Wildman–Crippen MR) is 97.8 cm³/mol. The van der Waals surface area contributed by atoms with E-state index >= 15 is 0 Å². The molecule has 3 aliphatic rings. The fourth-order valence-electron chi connectivity index (χ4n) is 3.66. The minimum atomic E-state index is 0.715. The van der Waals surface area contributed by atoms with Gasteiger partial charge in [0.05, 0.1) is 11.6 Å². The van der Waals surface area contributed by atoms with Crippen LogP contribution in [0.25, 0.3) is 0 Å². The van der Waals surface area contributed by atoms with Crippen LogP contribution in [0.2, 0.25) is 0 Å². The van der Waals surface area contributed by atoms with Crippen molar-refractivity contribution in [3.63, 3.8) is 0 Å². The van der Waals surface area contributed by atoms with E-state index in [-0.39, 0.29) is 0 Å². The van der Waals surface area contributed by atoms with Gasteiger partial charge in [-0.05, 0) is 68.6 Å². The molecule has 2 fully saturated rings. The Hall–Kier alpha value is -1.59. The first-order valence-corrected chi connectivity index (χ1v) is 9.94. The second-order valence-corrected chi connectivity index (χ2v) is 7.98. The van der Waals surface area contributed by atoms with Crippen molar-refractivity contribution in [2.24, 2.45) is 0 Å². The van der Waals surface area contributed by atoms with E-state index in [0.29, 0.717) is 5.92 Å². The quantitative estimate of drug-likeness (QED) is 0.836. The molecule has 2 aliphatic heterocycles. The average Bonchev–Trinajstić information content (AvgIpc) is 3.18. The fourth-order valence-corrected chi connectivity index (χ4v) is 4.67. The zero-order valence-corrected chi connectivity index (χ0v) is 14.6. The van der Waals surface area contributed by atoms with Crippen molar-refractivity contribution in [1.82, 2.24) is 14.9 Å². The zero-order chi connectivity index (χ0) is 15.9. The van der Waals surface area contributed by atoms with E-state index in [4.69, 9.17) is 4.98 Å². The number of thioether (sulfide) groups is 1. The van der Waals surface area contributed by atoms with Crippen molar-refractivity contribution in [3.05, 3.63) is 41.7 Å². The summed E-state index contributed by atoms with van der Waals surface area (Å²) in [6.45, 7) is 3.50. The van der Waals surface area contributed by atoms with Crippen LogP contribution in [-0.4, -0.2) is 33.8 Å². The maximum absolute atomic E-state index is 4.88. The molecule has 0 amide bonds. The van der Waals surface area contributed by atoms with Gasteiger partial charge in [-0.25, -0.2) is 9.97 Å². The third-order valence-electron chi connectivity index (χ3n) is 5.17. The minimum Gasteiger partial charge on any atom is -0.314 e. The summed E-state index contributed by atoms with van der Waals surface area (Å²) < 4.78 is 0. The predicted octanol–water partition coefficient (Wildman–Crippen LogP) is 4.15. The van der Waals surface area contributed by atoms with E-state index in [2.05, 4.69) is 39.0 Å². The van der Waals surface area contributed by atoms with Crippen LogP contribution in [0.15, 0.2) is 35.5 Å². The van der Waals surface area contributed by atoms with Crippen molar-refractivity contribution in [1.29, 1.82) is 0 Å². The summed E-state index contributed by atoms with van der Waals surface area (Å²) in [6, 6.07) is 8.86. The van der Waals surface area contributed by atoms with Gasteiger partial charge in [-0.2, -0.15) is 0 Å². The summed E-state index contributed by atoms with van der Waals surface area (Å²) in [5, 5.41) is 1.17. The van der Waals surface area contributed by atoms with Crippen molar-refractivity contribution >= 4 is 23.3 Å². The van der Waals surface area contributed by atoms with Gasteiger partial charge in [-0.1, -0.05) is 11.8 Å². The summed E-state index contributed by atoms with van der Waals surface area (Å²) in [4.78, 5) is 14.4. The van der Waals surface area contributed by atoms with E-state index < -0.39 is 0 Å². The molecule has 0 unspecified atom stereocenters. The van der Waals surface area contributed by atoms with Crippen molar-refractivity contribution in [3.8, 4) is 0 Å². The lowest BCUT2D eigenvalue weighted by Crippen LogP contribution is -2.19. The third-order valence-corrected chi connectivity index (χ3v) is 6.13. The Kier molecular flexibility index (Phi) is 3.71. The van der Waals surface area contributed by atoms with Gasteiger partial charge in [0.2, 0.25) is 0 Å². The summed E-state index contributed by atoms with van der Waals surface area (Å²) in [5.74, 6) is 2.68. The smallest absolute Gasteiger partial charge is 0.134 e. The van der Waals surface area contributed by atoms with Gasteiger partial charge in [0.25, 0.3) is 0 Å². The molecule has 0 bridgehead atoms. The first-order chi connectivity index (χ1) is 11.9. The monoisotopic (exact) mass is 338 g/mol. The molecule has 4 nitrogen and oxygen atoms in total. The molecule has 2 aromatic heterocycles. The van der Waals surface area contributed by atoms with Crippen LogP contribution < -0.4 is 4.90 Å². The Labute approximate surface area is 147 Å². The molecule has 1 saturated carbocycles. The minimum absolute atomic E-state index is 0.715. The second kappa shape index (κ2) is 6.05. The SMILES string of the molecule is c1cc(CN2CCCC2)cc(N2CSc3nc(C4CC4)ccc32)n1. The number of likely N-dealkylation sites (tertiary alicyclic amines) is 1. The number of aromatic nitrogens is 2. The van der Waals surface area contributed by atoms with Crippen LogP contribution in [-0.2, 0) is 6.54 Å². The number of hydrogen-bond donors (Lipinski definition) is 0. The molecule has 0 atom stereocenters. The molecule has 0 aromatic carbocycles. The Morgan fingerprint density at radius 1 is 1.12 bits per heavy atom. The molecule has 1 aliphatic carbocycles. The average molecular weight is 338 g/mol. The van der Waals surface area contributed by atoms with Crippen molar-refractivity contribution in [2.75, 3.05) is 23.9 Å². The Bertz CT molecular complexity index is 753. The first kappa shape index (κ1) is 14.7. The lowest BCUT2D eigenvalue weighted by molar-refractivity contribution is 0.331. The Morgan fingerprint density at radius 2 is 2.00 bits per heavy atom. The molecular weight excluding hydrogens is 316 g/mol. The molecule has 4 heterocycles. The topological polar surface area (TPSA) is 32.3 Å². The van der Waals surface area contributed by atoms with Gasteiger partial charge in [0.15, 0.2) is 0 Å². The summed E-state index contributed by atoms with van der Waals surface area (Å²) in [6.07, 6.45) is 7.24. The van der Waals surface area contributed by atoms with Gasteiger partial charge in [0.1, 0.15) is 10.8 Å². The van der Waals surface area contributed by atoms with E-state index in [1.165, 1.54) is 60.7 Å². The highest BCUT2D eigenvalue weighted by molar-refractivity contribution is 7.99. The number of fused-ring (bicyclic) bond motifs is 1. The molecule has 5 rings (SSSR count). The van der Waals surface area contributed by atoms with E-state index in [1.807, 2.05) is 18.0 Å². The molecule has 24 heavy (non-hydrogen) atoms. The molecule has 124 valence electrons. The fraction of sp³-hybridized carbons (Fsp3) is 0.474. The van der Waals surface area contributed by atoms with Gasteiger partial charge < -0.3 is 4.90 Å². The largest absolute Gasteiger partial charge is 0.314 e. The van der Waals surface area contributed by atoms with Crippen molar-refractivity contribution in [2.45, 2.75) is 43.2 Å². The van der Waals surface area contributed by atoms with Crippen LogP contribution >= 0.6 is 11.8 Å². The summed E-state index contributed by atoms with van der Waals surface area (Å²) >= 11 is 1.83. The molecule has 5 heteroatoms. The van der Waals surface area contributed by atoms with Gasteiger partial charge >= 0.3 is 0 Å². The summed E-state index contributed by atoms with van der Waals surface area (Å²) in [5.41, 5.74) is 3.86. The zero-order valence-electron chi connectivity index (χ0n) is 13.8. The van der Waals surface area contributed by atoms with Crippen molar-refractivity contribution < 1.29 is 0 Å². The van der Waals surface area contributed by atoms with Crippen LogP contribution in [0.5, 0.6) is 0 Å². The Balaban J connectivity index is 1.39. The molecule has 2 aromatic rings. The second-order valence-electron chi connectivity index (χ2n) is 7.04. The molecular formula is C19H22N4S. The molecule has 0 spiro atoms. The first-order valence-electron chi connectivity index (χ1n) is 8.95. The normalized spacial score (nSPS) is 20.6. The maximum atomic E-state index is 4.88. The third kappa shape index (κ3) is 2.80. The Morgan fingerprint density at radius 3 is 2.83 bits per heavy atom. The van der Waals surface area contributed by atoms with Crippen LogP contribution in [0.1, 0.15) is 42.9 Å². The highest BCUT2D eigenvalue weighted by Gasteiger charge is 2.29. The maximum Gasteiger partial charge on any atom is 0.134 e. The standard InChI is InChI=1S/C19H22N4S/c1-2-10-22(9-1)12-14-7-8-20-18(11-14)23-13-24-19-17(23)6-5-16(21-19)15-3-4-15/h5-8,11,15H,1-4,9-10,12-13H2. The molecule has 0 radical (unpaired) electrons. The van der Waals surface area contributed by atoms with E-state index in [9.17, 15) is 0 Å². The molecule has 0 N–H and O–H groups in total. The van der Waals surface area contributed by atoms with Gasteiger partial charge in [-0.3, -0.25) is 4.90 Å². The number of pyridine rings is 2. The van der Waals surface area contributed by atoms with Crippen LogP contribution in [0.4, 0.5) is 11.5 Å². The number of nitrogens with zero attached hydrogens (tertiary/aromatic N) is 4.